The Kier molecular flexibility index (Phi) is 4.07. The van der Waals surface area contributed by atoms with Crippen LogP contribution in [0.1, 0.15) is 36.5 Å². The summed E-state index contributed by atoms with van der Waals surface area (Å²) < 4.78 is 5.74. The van der Waals surface area contributed by atoms with E-state index in [0.29, 0.717) is 5.92 Å². The van der Waals surface area contributed by atoms with Crippen molar-refractivity contribution in [3.8, 4) is 5.75 Å². The van der Waals surface area contributed by atoms with E-state index >= 15 is 0 Å². The molecule has 0 spiro atoms. The van der Waals surface area contributed by atoms with Crippen LogP contribution in [0.3, 0.4) is 0 Å². The Morgan fingerprint density at radius 2 is 2.10 bits per heavy atom. The number of hydrogen-bond acceptors (Lipinski definition) is 2. The third kappa shape index (κ3) is 3.16. The average Bonchev–Trinajstić information content (AvgIpc) is 2.93. The Labute approximate surface area is 131 Å². The fourth-order valence-electron chi connectivity index (χ4n) is 2.68. The standard InChI is InChI=1S/C18H20ClNO/c1-12(2)13-4-3-5-17(10-13)20-11-15-9-16(19)8-14-6-7-21-18(14)15/h3-5,8-10,12,20H,6-7,11H2,1-2H3. The van der Waals surface area contributed by atoms with Gasteiger partial charge in [0.2, 0.25) is 0 Å². The molecule has 3 rings (SSSR count). The molecule has 2 aromatic rings. The highest BCUT2D eigenvalue weighted by molar-refractivity contribution is 6.30. The van der Waals surface area contributed by atoms with Crippen molar-refractivity contribution >= 4 is 17.3 Å². The molecule has 3 heteroatoms. The summed E-state index contributed by atoms with van der Waals surface area (Å²) in [5.41, 5.74) is 4.82. The number of fused-ring (bicyclic) bond motifs is 1. The number of nitrogens with one attached hydrogen (secondary N) is 1. The van der Waals surface area contributed by atoms with Crippen molar-refractivity contribution < 1.29 is 4.74 Å². The van der Waals surface area contributed by atoms with E-state index in [2.05, 4.69) is 43.4 Å². The maximum Gasteiger partial charge on any atom is 0.127 e. The van der Waals surface area contributed by atoms with Crippen LogP contribution in [0.4, 0.5) is 5.69 Å². The van der Waals surface area contributed by atoms with Crippen molar-refractivity contribution in [1.29, 1.82) is 0 Å². The zero-order chi connectivity index (χ0) is 14.8. The third-order valence-corrected chi connectivity index (χ3v) is 4.08. The van der Waals surface area contributed by atoms with E-state index in [1.54, 1.807) is 0 Å². The minimum absolute atomic E-state index is 0.533. The van der Waals surface area contributed by atoms with Gasteiger partial charge in [-0.05, 0) is 41.3 Å². The second-order valence-electron chi connectivity index (χ2n) is 5.79. The quantitative estimate of drug-likeness (QED) is 0.857. The zero-order valence-electron chi connectivity index (χ0n) is 12.4. The van der Waals surface area contributed by atoms with Crippen LogP contribution in [-0.2, 0) is 13.0 Å². The zero-order valence-corrected chi connectivity index (χ0v) is 13.2. The summed E-state index contributed by atoms with van der Waals surface area (Å²) in [6, 6.07) is 12.6. The summed E-state index contributed by atoms with van der Waals surface area (Å²) >= 11 is 6.19. The van der Waals surface area contributed by atoms with Gasteiger partial charge in [-0.2, -0.15) is 0 Å². The summed E-state index contributed by atoms with van der Waals surface area (Å²) in [4.78, 5) is 0. The maximum absolute atomic E-state index is 6.19. The smallest absolute Gasteiger partial charge is 0.127 e. The van der Waals surface area contributed by atoms with Crippen molar-refractivity contribution in [2.24, 2.45) is 0 Å². The molecule has 0 unspecified atom stereocenters. The van der Waals surface area contributed by atoms with Crippen LogP contribution in [0, 0.1) is 0 Å². The van der Waals surface area contributed by atoms with Crippen LogP contribution < -0.4 is 10.1 Å². The lowest BCUT2D eigenvalue weighted by atomic mass is 10.0. The number of rotatable bonds is 4. The van der Waals surface area contributed by atoms with Gasteiger partial charge in [0.05, 0.1) is 6.61 Å². The summed E-state index contributed by atoms with van der Waals surface area (Å²) in [6.07, 6.45) is 0.950. The molecule has 0 aliphatic carbocycles. The summed E-state index contributed by atoms with van der Waals surface area (Å²) in [5.74, 6) is 1.54. The van der Waals surface area contributed by atoms with Gasteiger partial charge in [-0.15, -0.1) is 0 Å². The number of ether oxygens (including phenoxy) is 1. The lowest BCUT2D eigenvalue weighted by Gasteiger charge is -2.13. The molecule has 2 aromatic carbocycles. The van der Waals surface area contributed by atoms with Gasteiger partial charge in [-0.1, -0.05) is 37.6 Å². The molecule has 0 bridgehead atoms. The average molecular weight is 302 g/mol. The molecule has 1 heterocycles. The van der Waals surface area contributed by atoms with Crippen LogP contribution in [0.15, 0.2) is 36.4 Å². The maximum atomic E-state index is 6.19. The SMILES string of the molecule is CC(C)c1cccc(NCc2cc(Cl)cc3c2OCC3)c1. The molecule has 21 heavy (non-hydrogen) atoms. The van der Waals surface area contributed by atoms with E-state index in [9.17, 15) is 0 Å². The number of halogens is 1. The van der Waals surface area contributed by atoms with Crippen molar-refractivity contribution in [2.45, 2.75) is 32.7 Å². The topological polar surface area (TPSA) is 21.3 Å². The Hall–Kier alpha value is -1.67. The van der Waals surface area contributed by atoms with Crippen LogP contribution in [-0.4, -0.2) is 6.61 Å². The van der Waals surface area contributed by atoms with Crippen LogP contribution in [0.2, 0.25) is 5.02 Å². The molecular weight excluding hydrogens is 282 g/mol. The first-order valence-corrected chi connectivity index (χ1v) is 7.79. The highest BCUT2D eigenvalue weighted by Crippen LogP contribution is 2.33. The normalized spacial score (nSPS) is 13.1. The van der Waals surface area contributed by atoms with Crippen molar-refractivity contribution in [1.82, 2.24) is 0 Å². The third-order valence-electron chi connectivity index (χ3n) is 3.86. The molecule has 0 aromatic heterocycles. The lowest BCUT2D eigenvalue weighted by molar-refractivity contribution is 0.354. The van der Waals surface area contributed by atoms with E-state index in [1.807, 2.05) is 12.1 Å². The van der Waals surface area contributed by atoms with Gasteiger partial charge in [0.1, 0.15) is 5.75 Å². The number of benzene rings is 2. The molecule has 1 aliphatic rings. The minimum atomic E-state index is 0.533. The van der Waals surface area contributed by atoms with Gasteiger partial charge in [-0.3, -0.25) is 0 Å². The van der Waals surface area contributed by atoms with Gasteiger partial charge in [0.15, 0.2) is 0 Å². The first kappa shape index (κ1) is 14.3. The predicted molar refractivity (Wildman–Crippen MR) is 88.5 cm³/mol. The second kappa shape index (κ2) is 5.98. The summed E-state index contributed by atoms with van der Waals surface area (Å²) in [6.45, 7) is 5.89. The van der Waals surface area contributed by atoms with Gasteiger partial charge in [0.25, 0.3) is 0 Å². The lowest BCUT2D eigenvalue weighted by Crippen LogP contribution is -2.02. The van der Waals surface area contributed by atoms with Crippen LogP contribution in [0.5, 0.6) is 5.75 Å². The van der Waals surface area contributed by atoms with E-state index in [0.717, 1.165) is 41.6 Å². The molecule has 2 nitrogen and oxygen atoms in total. The van der Waals surface area contributed by atoms with Crippen molar-refractivity contribution in [3.05, 3.63) is 58.1 Å². The number of anilines is 1. The Balaban J connectivity index is 1.78. The van der Waals surface area contributed by atoms with Gasteiger partial charge < -0.3 is 10.1 Å². The number of hydrogen-bond donors (Lipinski definition) is 1. The fourth-order valence-corrected chi connectivity index (χ4v) is 2.95. The first-order valence-electron chi connectivity index (χ1n) is 7.41. The van der Waals surface area contributed by atoms with Gasteiger partial charge >= 0.3 is 0 Å². The Bertz CT molecular complexity index is 652. The van der Waals surface area contributed by atoms with E-state index in [1.165, 1.54) is 11.1 Å². The molecule has 0 radical (unpaired) electrons. The van der Waals surface area contributed by atoms with E-state index in [-0.39, 0.29) is 0 Å². The molecule has 0 saturated heterocycles. The molecule has 0 atom stereocenters. The monoisotopic (exact) mass is 301 g/mol. The van der Waals surface area contributed by atoms with Crippen molar-refractivity contribution in [2.75, 3.05) is 11.9 Å². The second-order valence-corrected chi connectivity index (χ2v) is 6.22. The van der Waals surface area contributed by atoms with Crippen molar-refractivity contribution in [3.63, 3.8) is 0 Å². The van der Waals surface area contributed by atoms with E-state index in [4.69, 9.17) is 16.3 Å². The highest BCUT2D eigenvalue weighted by Gasteiger charge is 2.17. The van der Waals surface area contributed by atoms with Gasteiger partial charge in [0, 0.05) is 29.2 Å². The fraction of sp³-hybridized carbons (Fsp3) is 0.333. The van der Waals surface area contributed by atoms with Gasteiger partial charge in [-0.25, -0.2) is 0 Å². The largest absolute Gasteiger partial charge is 0.493 e. The molecular formula is C18H20ClNO. The molecule has 1 aliphatic heterocycles. The summed E-state index contributed by atoms with van der Waals surface area (Å²) in [5, 5.41) is 4.26. The molecule has 0 amide bonds. The Morgan fingerprint density at radius 1 is 1.24 bits per heavy atom. The molecule has 1 N–H and O–H groups in total. The summed E-state index contributed by atoms with van der Waals surface area (Å²) in [7, 11) is 0. The first-order chi connectivity index (χ1) is 10.1. The predicted octanol–water partition coefficient (Wildman–Crippen LogP) is 5.01. The Morgan fingerprint density at radius 3 is 2.90 bits per heavy atom. The van der Waals surface area contributed by atoms with Crippen LogP contribution >= 0.6 is 11.6 Å². The highest BCUT2D eigenvalue weighted by atomic mass is 35.5. The van der Waals surface area contributed by atoms with Crippen LogP contribution in [0.25, 0.3) is 0 Å². The van der Waals surface area contributed by atoms with E-state index < -0.39 is 0 Å². The molecule has 0 fully saturated rings. The molecule has 0 saturated carbocycles. The minimum Gasteiger partial charge on any atom is -0.493 e. The molecule has 110 valence electrons.